The first kappa shape index (κ1) is 14.1. The number of nitriles is 1. The van der Waals surface area contributed by atoms with E-state index in [9.17, 15) is 14.9 Å². The van der Waals surface area contributed by atoms with Gasteiger partial charge in [0.1, 0.15) is 24.0 Å². The van der Waals surface area contributed by atoms with Crippen LogP contribution in [0.3, 0.4) is 0 Å². The highest BCUT2D eigenvalue weighted by Crippen LogP contribution is 2.17. The van der Waals surface area contributed by atoms with Crippen LogP contribution in [0.1, 0.15) is 17.8 Å². The maximum absolute atomic E-state index is 12.1. The van der Waals surface area contributed by atoms with E-state index in [-0.39, 0.29) is 17.4 Å². The van der Waals surface area contributed by atoms with Crippen molar-refractivity contribution in [1.29, 1.82) is 5.26 Å². The van der Waals surface area contributed by atoms with Gasteiger partial charge in [-0.3, -0.25) is 13.9 Å². The number of aryl methyl sites for hydroxylation is 1. The SMILES string of the molecule is Cn1c(N[C@@H]2CCc3ncnn3C2)c(C#N)c(=O)n(C)c1=O. The molecule has 0 fully saturated rings. The van der Waals surface area contributed by atoms with Gasteiger partial charge >= 0.3 is 5.69 Å². The number of hydrogen-bond donors (Lipinski definition) is 1. The van der Waals surface area contributed by atoms with Crippen LogP contribution in [-0.2, 0) is 27.1 Å². The molecule has 0 saturated carbocycles. The van der Waals surface area contributed by atoms with Crippen molar-refractivity contribution in [3.63, 3.8) is 0 Å². The molecule has 0 spiro atoms. The molecule has 0 amide bonds. The summed E-state index contributed by atoms with van der Waals surface area (Å²) in [6.07, 6.45) is 3.04. The summed E-state index contributed by atoms with van der Waals surface area (Å²) in [6, 6.07) is 1.86. The molecule has 0 saturated heterocycles. The van der Waals surface area contributed by atoms with Crippen LogP contribution in [0.25, 0.3) is 0 Å². The zero-order chi connectivity index (χ0) is 15.9. The second-order valence-electron chi connectivity index (χ2n) is 5.28. The summed E-state index contributed by atoms with van der Waals surface area (Å²) < 4.78 is 4.00. The number of hydrogen-bond acceptors (Lipinski definition) is 6. The van der Waals surface area contributed by atoms with E-state index in [1.807, 2.05) is 6.07 Å². The van der Waals surface area contributed by atoms with Gasteiger partial charge in [-0.05, 0) is 6.42 Å². The lowest BCUT2D eigenvalue weighted by Crippen LogP contribution is -2.42. The summed E-state index contributed by atoms with van der Waals surface area (Å²) in [6.45, 7) is 0.573. The van der Waals surface area contributed by atoms with Gasteiger partial charge in [0.15, 0.2) is 5.56 Å². The van der Waals surface area contributed by atoms with E-state index in [4.69, 9.17) is 0 Å². The van der Waals surface area contributed by atoms with Crippen molar-refractivity contribution in [1.82, 2.24) is 23.9 Å². The van der Waals surface area contributed by atoms with Crippen LogP contribution in [0.5, 0.6) is 0 Å². The number of rotatable bonds is 2. The van der Waals surface area contributed by atoms with E-state index in [2.05, 4.69) is 15.4 Å². The molecular formula is C13H15N7O2. The lowest BCUT2D eigenvalue weighted by molar-refractivity contribution is 0.438. The van der Waals surface area contributed by atoms with Gasteiger partial charge in [-0.2, -0.15) is 10.4 Å². The summed E-state index contributed by atoms with van der Waals surface area (Å²) in [5.74, 6) is 1.17. The fraction of sp³-hybridized carbons (Fsp3) is 0.462. The van der Waals surface area contributed by atoms with Crippen molar-refractivity contribution in [2.24, 2.45) is 14.1 Å². The molecule has 9 nitrogen and oxygen atoms in total. The first-order chi connectivity index (χ1) is 10.5. The topological polar surface area (TPSA) is 111 Å². The molecule has 1 aliphatic heterocycles. The van der Waals surface area contributed by atoms with Crippen molar-refractivity contribution >= 4 is 5.82 Å². The van der Waals surface area contributed by atoms with Gasteiger partial charge in [-0.25, -0.2) is 14.5 Å². The lowest BCUT2D eigenvalue weighted by atomic mass is 10.1. The molecule has 2 aromatic rings. The first-order valence-corrected chi connectivity index (χ1v) is 6.86. The van der Waals surface area contributed by atoms with E-state index in [1.165, 1.54) is 25.0 Å². The first-order valence-electron chi connectivity index (χ1n) is 6.86. The minimum Gasteiger partial charge on any atom is -0.365 e. The molecule has 1 N–H and O–H groups in total. The highest BCUT2D eigenvalue weighted by Gasteiger charge is 2.23. The third-order valence-corrected chi connectivity index (χ3v) is 3.92. The minimum absolute atomic E-state index is 0.0287. The summed E-state index contributed by atoms with van der Waals surface area (Å²) in [5.41, 5.74) is -1.12. The third-order valence-electron chi connectivity index (χ3n) is 3.92. The number of nitrogens with one attached hydrogen (secondary N) is 1. The molecule has 1 aliphatic rings. The monoisotopic (exact) mass is 301 g/mol. The molecule has 0 bridgehead atoms. The van der Waals surface area contributed by atoms with Crippen LogP contribution in [0.4, 0.5) is 5.82 Å². The smallest absolute Gasteiger partial charge is 0.332 e. The summed E-state index contributed by atoms with van der Waals surface area (Å²) in [5, 5.41) is 16.5. The summed E-state index contributed by atoms with van der Waals surface area (Å²) in [7, 11) is 2.90. The van der Waals surface area contributed by atoms with Crippen molar-refractivity contribution in [2.75, 3.05) is 5.32 Å². The average Bonchev–Trinajstić information content (AvgIpc) is 2.98. The van der Waals surface area contributed by atoms with E-state index >= 15 is 0 Å². The van der Waals surface area contributed by atoms with Gasteiger partial charge in [0.2, 0.25) is 0 Å². The molecule has 22 heavy (non-hydrogen) atoms. The molecule has 0 unspecified atom stereocenters. The van der Waals surface area contributed by atoms with Crippen LogP contribution in [-0.4, -0.2) is 29.9 Å². The number of fused-ring (bicyclic) bond motifs is 1. The highest BCUT2D eigenvalue weighted by atomic mass is 16.2. The van der Waals surface area contributed by atoms with Crippen molar-refractivity contribution in [3.05, 3.63) is 38.6 Å². The van der Waals surface area contributed by atoms with Crippen LogP contribution in [0, 0.1) is 11.3 Å². The maximum Gasteiger partial charge on any atom is 0.332 e. The van der Waals surface area contributed by atoms with Gasteiger partial charge in [0.25, 0.3) is 5.56 Å². The van der Waals surface area contributed by atoms with Gasteiger partial charge in [-0.15, -0.1) is 0 Å². The average molecular weight is 301 g/mol. The quantitative estimate of drug-likeness (QED) is 0.759. The molecule has 2 aromatic heterocycles. The molecule has 1 atom stereocenters. The molecular weight excluding hydrogens is 286 g/mol. The van der Waals surface area contributed by atoms with Crippen LogP contribution >= 0.6 is 0 Å². The van der Waals surface area contributed by atoms with Crippen molar-refractivity contribution < 1.29 is 0 Å². The Labute approximate surface area is 125 Å². The largest absolute Gasteiger partial charge is 0.365 e. The predicted octanol–water partition coefficient (Wildman–Crippen LogP) is -1.03. The van der Waals surface area contributed by atoms with E-state index in [0.717, 1.165) is 23.2 Å². The normalized spacial score (nSPS) is 16.9. The van der Waals surface area contributed by atoms with Crippen LogP contribution in [0.15, 0.2) is 15.9 Å². The number of nitrogens with zero attached hydrogens (tertiary/aromatic N) is 6. The number of aromatic nitrogens is 5. The van der Waals surface area contributed by atoms with Gasteiger partial charge in [-0.1, -0.05) is 0 Å². The molecule has 3 heterocycles. The summed E-state index contributed by atoms with van der Waals surface area (Å²) in [4.78, 5) is 28.2. The summed E-state index contributed by atoms with van der Waals surface area (Å²) >= 11 is 0. The highest BCUT2D eigenvalue weighted by molar-refractivity contribution is 5.51. The van der Waals surface area contributed by atoms with Crippen molar-refractivity contribution in [3.8, 4) is 6.07 Å². The van der Waals surface area contributed by atoms with Gasteiger partial charge in [0, 0.05) is 26.6 Å². The molecule has 0 radical (unpaired) electrons. The predicted molar refractivity (Wildman–Crippen MR) is 77.4 cm³/mol. The molecule has 0 aliphatic carbocycles. The second-order valence-corrected chi connectivity index (χ2v) is 5.28. The maximum atomic E-state index is 12.1. The van der Waals surface area contributed by atoms with Gasteiger partial charge in [0.05, 0.1) is 6.54 Å². The van der Waals surface area contributed by atoms with Crippen LogP contribution in [0.2, 0.25) is 0 Å². The zero-order valence-corrected chi connectivity index (χ0v) is 12.3. The Bertz CT molecular complexity index is 883. The van der Waals surface area contributed by atoms with Gasteiger partial charge < -0.3 is 5.32 Å². The fourth-order valence-corrected chi connectivity index (χ4v) is 2.66. The van der Waals surface area contributed by atoms with Crippen LogP contribution < -0.4 is 16.6 Å². The third kappa shape index (κ3) is 2.09. The number of anilines is 1. The second kappa shape index (κ2) is 5.14. The fourth-order valence-electron chi connectivity index (χ4n) is 2.66. The Hall–Kier alpha value is -2.89. The Morgan fingerprint density at radius 1 is 1.36 bits per heavy atom. The molecule has 0 aromatic carbocycles. The Morgan fingerprint density at radius 2 is 2.14 bits per heavy atom. The zero-order valence-electron chi connectivity index (χ0n) is 12.3. The standard InChI is InChI=1S/C13H15N7O2/c1-18-11(9(5-14)12(21)19(2)13(18)22)17-8-3-4-10-15-7-16-20(10)6-8/h7-8,17H,3-4,6H2,1-2H3/t8-/m1/s1. The Morgan fingerprint density at radius 3 is 2.86 bits per heavy atom. The van der Waals surface area contributed by atoms with E-state index < -0.39 is 11.2 Å². The van der Waals surface area contributed by atoms with E-state index in [0.29, 0.717) is 6.54 Å². The molecule has 114 valence electrons. The lowest BCUT2D eigenvalue weighted by Gasteiger charge is -2.25. The molecule has 9 heteroatoms. The van der Waals surface area contributed by atoms with Crippen molar-refractivity contribution in [2.45, 2.75) is 25.4 Å². The Kier molecular flexibility index (Phi) is 3.29. The minimum atomic E-state index is -0.592. The molecule has 3 rings (SSSR count). The Balaban J connectivity index is 1.99. The van der Waals surface area contributed by atoms with E-state index in [1.54, 1.807) is 4.68 Å².